The summed E-state index contributed by atoms with van der Waals surface area (Å²) in [4.78, 5) is 20.4. The van der Waals surface area contributed by atoms with Gasteiger partial charge in [0.25, 0.3) is 0 Å². The van der Waals surface area contributed by atoms with E-state index in [0.29, 0.717) is 6.42 Å². The summed E-state index contributed by atoms with van der Waals surface area (Å²) >= 11 is 0. The molecule has 0 saturated carbocycles. The summed E-state index contributed by atoms with van der Waals surface area (Å²) in [5, 5.41) is 5.01. The Morgan fingerprint density at radius 1 is 1.08 bits per heavy atom. The first kappa shape index (κ1) is 13.9. The summed E-state index contributed by atoms with van der Waals surface area (Å²) in [6, 6.07) is 12.5. The van der Waals surface area contributed by atoms with Crippen molar-refractivity contribution >= 4 is 16.7 Å². The number of carbonyl (C=O) groups is 1. The van der Waals surface area contributed by atoms with Gasteiger partial charge in [-0.3, -0.25) is 9.78 Å². The van der Waals surface area contributed by atoms with Crippen molar-refractivity contribution in [3.8, 4) is 0 Å². The van der Waals surface area contributed by atoms with Crippen LogP contribution in [0, 0.1) is 0 Å². The molecule has 0 radical (unpaired) electrons. The minimum atomic E-state index is 0.197. The molecule has 2 N–H and O–H groups in total. The van der Waals surface area contributed by atoms with E-state index >= 15 is 0 Å². The van der Waals surface area contributed by atoms with Gasteiger partial charge in [0.15, 0.2) is 5.78 Å². The van der Waals surface area contributed by atoms with Crippen LogP contribution in [0.3, 0.4) is 0 Å². The highest BCUT2D eigenvalue weighted by molar-refractivity contribution is 5.98. The first-order valence-electron chi connectivity index (χ1n) is 8.64. The molecule has 3 aromatic rings. The SMILES string of the molecule is O=C1CCC(C2NCCc3c2[nH]c2ccccc32)c2ncccc21. The first-order valence-corrected chi connectivity index (χ1v) is 8.64. The van der Waals surface area contributed by atoms with Gasteiger partial charge < -0.3 is 10.3 Å². The standard InChI is InChI=1S/C20H19N3O/c24-17-8-7-15(18-14(17)5-3-10-21-18)19-20-13(9-11-22-19)12-4-1-2-6-16(12)23-20/h1-6,10,15,19,22-23H,7-9,11H2. The van der Waals surface area contributed by atoms with Crippen LogP contribution in [0.2, 0.25) is 0 Å². The summed E-state index contributed by atoms with van der Waals surface area (Å²) in [6.45, 7) is 0.964. The van der Waals surface area contributed by atoms with Crippen molar-refractivity contribution in [3.05, 3.63) is 65.1 Å². The number of nitrogens with zero attached hydrogens (tertiary/aromatic N) is 1. The summed E-state index contributed by atoms with van der Waals surface area (Å²) in [5.41, 5.74) is 5.66. The van der Waals surface area contributed by atoms with Crippen molar-refractivity contribution in [2.75, 3.05) is 6.54 Å². The zero-order chi connectivity index (χ0) is 16.1. The fourth-order valence-corrected chi connectivity index (χ4v) is 4.39. The van der Waals surface area contributed by atoms with Gasteiger partial charge in [0.05, 0.1) is 11.7 Å². The molecule has 4 heteroatoms. The number of aromatic amines is 1. The van der Waals surface area contributed by atoms with E-state index in [-0.39, 0.29) is 17.7 Å². The number of benzene rings is 1. The van der Waals surface area contributed by atoms with E-state index in [1.807, 2.05) is 12.1 Å². The predicted molar refractivity (Wildman–Crippen MR) is 93.3 cm³/mol. The maximum atomic E-state index is 12.2. The van der Waals surface area contributed by atoms with E-state index in [4.69, 9.17) is 0 Å². The lowest BCUT2D eigenvalue weighted by atomic mass is 9.78. The molecule has 2 aromatic heterocycles. The summed E-state index contributed by atoms with van der Waals surface area (Å²) < 4.78 is 0. The van der Waals surface area contributed by atoms with Gasteiger partial charge >= 0.3 is 0 Å². The Kier molecular flexibility index (Phi) is 3.06. The highest BCUT2D eigenvalue weighted by Crippen LogP contribution is 2.42. The van der Waals surface area contributed by atoms with E-state index in [0.717, 1.165) is 30.6 Å². The Bertz CT molecular complexity index is 943. The van der Waals surface area contributed by atoms with Crippen LogP contribution >= 0.6 is 0 Å². The number of pyridine rings is 1. The molecule has 4 nitrogen and oxygen atoms in total. The number of fused-ring (bicyclic) bond motifs is 4. The van der Waals surface area contributed by atoms with Crippen LogP contribution in [0.25, 0.3) is 10.9 Å². The molecule has 2 unspecified atom stereocenters. The molecule has 1 aromatic carbocycles. The summed E-state index contributed by atoms with van der Waals surface area (Å²) in [6.07, 6.45) is 4.31. The molecule has 0 saturated heterocycles. The van der Waals surface area contributed by atoms with Gasteiger partial charge in [0.1, 0.15) is 0 Å². The van der Waals surface area contributed by atoms with E-state index in [1.54, 1.807) is 6.20 Å². The Labute approximate surface area is 140 Å². The molecule has 2 atom stereocenters. The normalized spacial score (nSPS) is 23.1. The van der Waals surface area contributed by atoms with Crippen molar-refractivity contribution in [1.82, 2.24) is 15.3 Å². The van der Waals surface area contributed by atoms with Crippen LogP contribution in [0.1, 0.15) is 52.1 Å². The largest absolute Gasteiger partial charge is 0.357 e. The van der Waals surface area contributed by atoms with Crippen molar-refractivity contribution in [2.24, 2.45) is 0 Å². The lowest BCUT2D eigenvalue weighted by Crippen LogP contribution is -2.36. The highest BCUT2D eigenvalue weighted by atomic mass is 16.1. The second-order valence-electron chi connectivity index (χ2n) is 6.75. The van der Waals surface area contributed by atoms with Gasteiger partial charge in [-0.25, -0.2) is 0 Å². The van der Waals surface area contributed by atoms with E-state index in [1.165, 1.54) is 22.2 Å². The number of nitrogens with one attached hydrogen (secondary N) is 2. The molecule has 0 spiro atoms. The number of hydrogen-bond acceptors (Lipinski definition) is 3. The van der Waals surface area contributed by atoms with Crippen molar-refractivity contribution < 1.29 is 4.79 Å². The van der Waals surface area contributed by atoms with Gasteiger partial charge in [-0.05, 0) is 43.1 Å². The number of hydrogen-bond donors (Lipinski definition) is 2. The van der Waals surface area contributed by atoms with E-state index < -0.39 is 0 Å². The van der Waals surface area contributed by atoms with Gasteiger partial charge in [-0.1, -0.05) is 18.2 Å². The van der Waals surface area contributed by atoms with Crippen LogP contribution in [-0.4, -0.2) is 22.3 Å². The molecular formula is C20H19N3O. The monoisotopic (exact) mass is 317 g/mol. The highest BCUT2D eigenvalue weighted by Gasteiger charge is 2.36. The van der Waals surface area contributed by atoms with Gasteiger partial charge in [-0.15, -0.1) is 0 Å². The Hall–Kier alpha value is -2.46. The average Bonchev–Trinajstić information content (AvgIpc) is 3.01. The molecule has 0 bridgehead atoms. The van der Waals surface area contributed by atoms with Gasteiger partial charge in [0.2, 0.25) is 0 Å². The third-order valence-corrected chi connectivity index (χ3v) is 5.47. The molecule has 120 valence electrons. The molecule has 2 aliphatic rings. The Morgan fingerprint density at radius 3 is 2.96 bits per heavy atom. The topological polar surface area (TPSA) is 57.8 Å². The Balaban J connectivity index is 1.65. The first-order chi connectivity index (χ1) is 11.8. The van der Waals surface area contributed by atoms with Crippen molar-refractivity contribution in [3.63, 3.8) is 0 Å². The lowest BCUT2D eigenvalue weighted by Gasteiger charge is -2.34. The number of H-pyrrole nitrogens is 1. The van der Waals surface area contributed by atoms with Crippen LogP contribution in [0.4, 0.5) is 0 Å². The minimum absolute atomic E-state index is 0.197. The number of para-hydroxylation sites is 1. The molecule has 1 aliphatic heterocycles. The third kappa shape index (κ3) is 1.96. The zero-order valence-electron chi connectivity index (χ0n) is 13.4. The maximum Gasteiger partial charge on any atom is 0.164 e. The number of aromatic nitrogens is 2. The number of Topliss-reactive ketones (excluding diaryl/α,β-unsaturated/α-hetero) is 1. The quantitative estimate of drug-likeness (QED) is 0.722. The molecule has 1 aliphatic carbocycles. The molecule has 0 amide bonds. The predicted octanol–water partition coefficient (Wildman–Crippen LogP) is 3.51. The van der Waals surface area contributed by atoms with E-state index in [9.17, 15) is 4.79 Å². The maximum absolute atomic E-state index is 12.2. The smallest absolute Gasteiger partial charge is 0.164 e. The van der Waals surface area contributed by atoms with Crippen molar-refractivity contribution in [1.29, 1.82) is 0 Å². The molecular weight excluding hydrogens is 298 g/mol. The summed E-state index contributed by atoms with van der Waals surface area (Å²) in [5.74, 6) is 0.466. The van der Waals surface area contributed by atoms with Crippen LogP contribution in [0.15, 0.2) is 42.6 Å². The molecule has 24 heavy (non-hydrogen) atoms. The summed E-state index contributed by atoms with van der Waals surface area (Å²) in [7, 11) is 0. The van der Waals surface area contributed by atoms with Crippen LogP contribution in [-0.2, 0) is 6.42 Å². The van der Waals surface area contributed by atoms with E-state index in [2.05, 4.69) is 39.6 Å². The van der Waals surface area contributed by atoms with Gasteiger partial charge in [-0.2, -0.15) is 0 Å². The fourth-order valence-electron chi connectivity index (χ4n) is 4.39. The minimum Gasteiger partial charge on any atom is -0.357 e. The average molecular weight is 317 g/mol. The molecule has 0 fully saturated rings. The Morgan fingerprint density at radius 2 is 2.00 bits per heavy atom. The van der Waals surface area contributed by atoms with Crippen LogP contribution in [0.5, 0.6) is 0 Å². The zero-order valence-corrected chi connectivity index (χ0v) is 13.4. The number of rotatable bonds is 1. The van der Waals surface area contributed by atoms with Crippen LogP contribution < -0.4 is 5.32 Å². The molecule has 5 rings (SSSR count). The second-order valence-corrected chi connectivity index (χ2v) is 6.75. The van der Waals surface area contributed by atoms with Crippen molar-refractivity contribution in [2.45, 2.75) is 31.2 Å². The second kappa shape index (κ2) is 5.28. The fraction of sp³-hybridized carbons (Fsp3) is 0.300. The lowest BCUT2D eigenvalue weighted by molar-refractivity contribution is 0.0961. The third-order valence-electron chi connectivity index (χ3n) is 5.47. The van der Waals surface area contributed by atoms with Gasteiger partial charge in [0, 0.05) is 40.7 Å². The number of ketones is 1. The number of carbonyl (C=O) groups excluding carboxylic acids is 1. The molecule has 3 heterocycles.